The Balaban J connectivity index is 1.66. The number of hydrogen-bond donors (Lipinski definition) is 1. The molecular formula is C15H19N3O2. The molecule has 0 spiro atoms. The van der Waals surface area contributed by atoms with E-state index in [9.17, 15) is 4.79 Å². The summed E-state index contributed by atoms with van der Waals surface area (Å²) < 4.78 is 5.19. The number of rotatable bonds is 7. The highest BCUT2D eigenvalue weighted by Crippen LogP contribution is 2.00. The number of hydrogen-bond acceptors (Lipinski definition) is 4. The third-order valence-corrected chi connectivity index (χ3v) is 3.07. The molecule has 2 heterocycles. The minimum Gasteiger partial charge on any atom is -0.468 e. The number of likely N-dealkylation sites (N-methyl/N-ethyl adjacent to an activating group) is 1. The molecule has 0 bridgehead atoms. The average Bonchev–Trinajstić information content (AvgIpc) is 2.99. The molecule has 5 heteroatoms. The van der Waals surface area contributed by atoms with Gasteiger partial charge in [-0.15, -0.1) is 0 Å². The molecule has 1 amide bonds. The lowest BCUT2D eigenvalue weighted by Crippen LogP contribution is -2.36. The lowest BCUT2D eigenvalue weighted by atomic mass is 10.2. The minimum atomic E-state index is 0.0746. The average molecular weight is 273 g/mol. The van der Waals surface area contributed by atoms with Crippen molar-refractivity contribution >= 4 is 5.91 Å². The van der Waals surface area contributed by atoms with Crippen LogP contribution in [0.2, 0.25) is 0 Å². The molecule has 0 fully saturated rings. The van der Waals surface area contributed by atoms with Crippen LogP contribution >= 0.6 is 0 Å². The molecule has 0 aliphatic heterocycles. The molecule has 0 saturated heterocycles. The first-order valence-corrected chi connectivity index (χ1v) is 6.61. The predicted octanol–water partition coefficient (Wildman–Crippen LogP) is 1.47. The Morgan fingerprint density at radius 3 is 2.85 bits per heavy atom. The van der Waals surface area contributed by atoms with E-state index in [1.807, 2.05) is 31.3 Å². The number of carbonyl (C=O) groups excluding carboxylic acids is 1. The Morgan fingerprint density at radius 1 is 1.35 bits per heavy atom. The lowest BCUT2D eigenvalue weighted by molar-refractivity contribution is -0.128. The molecule has 0 aliphatic carbocycles. The van der Waals surface area contributed by atoms with Gasteiger partial charge < -0.3 is 14.6 Å². The summed E-state index contributed by atoms with van der Waals surface area (Å²) in [5.41, 5.74) is 1.18. The van der Waals surface area contributed by atoms with E-state index in [0.717, 1.165) is 12.2 Å². The van der Waals surface area contributed by atoms with Crippen LogP contribution in [0.4, 0.5) is 0 Å². The monoisotopic (exact) mass is 273 g/mol. The Bertz CT molecular complexity index is 511. The summed E-state index contributed by atoms with van der Waals surface area (Å²) in [5, 5.41) is 3.07. The topological polar surface area (TPSA) is 58.4 Å². The van der Waals surface area contributed by atoms with Crippen molar-refractivity contribution in [2.24, 2.45) is 0 Å². The summed E-state index contributed by atoms with van der Waals surface area (Å²) >= 11 is 0. The third-order valence-electron chi connectivity index (χ3n) is 3.07. The van der Waals surface area contributed by atoms with E-state index < -0.39 is 0 Å². The smallest absolute Gasteiger partial charge is 0.236 e. The number of furan rings is 1. The minimum absolute atomic E-state index is 0.0746. The van der Waals surface area contributed by atoms with Crippen LogP contribution in [0.15, 0.2) is 47.3 Å². The first kappa shape index (κ1) is 14.3. The highest BCUT2D eigenvalue weighted by Gasteiger charge is 2.08. The summed E-state index contributed by atoms with van der Waals surface area (Å²) in [6.45, 7) is 1.58. The van der Waals surface area contributed by atoms with Gasteiger partial charge in [-0.05, 0) is 36.2 Å². The van der Waals surface area contributed by atoms with Gasteiger partial charge in [0.05, 0.1) is 19.4 Å². The van der Waals surface area contributed by atoms with Crippen molar-refractivity contribution in [3.63, 3.8) is 0 Å². The Hall–Kier alpha value is -2.14. The first-order chi connectivity index (χ1) is 9.75. The van der Waals surface area contributed by atoms with Gasteiger partial charge in [-0.1, -0.05) is 0 Å². The maximum Gasteiger partial charge on any atom is 0.236 e. The van der Waals surface area contributed by atoms with Gasteiger partial charge in [0.1, 0.15) is 5.76 Å². The van der Waals surface area contributed by atoms with E-state index in [-0.39, 0.29) is 5.91 Å². The molecule has 5 nitrogen and oxygen atoms in total. The highest BCUT2D eigenvalue weighted by molar-refractivity contribution is 5.77. The van der Waals surface area contributed by atoms with Crippen molar-refractivity contribution in [3.05, 3.63) is 54.2 Å². The Kier molecular flexibility index (Phi) is 5.32. The molecule has 0 aliphatic rings. The quantitative estimate of drug-likeness (QED) is 0.830. The van der Waals surface area contributed by atoms with Gasteiger partial charge >= 0.3 is 0 Å². The van der Waals surface area contributed by atoms with Crippen LogP contribution in [0, 0.1) is 0 Å². The van der Waals surface area contributed by atoms with Gasteiger partial charge in [0, 0.05) is 26.0 Å². The van der Waals surface area contributed by atoms with Crippen LogP contribution in [-0.4, -0.2) is 35.9 Å². The molecule has 0 radical (unpaired) electrons. The van der Waals surface area contributed by atoms with Crippen molar-refractivity contribution in [3.8, 4) is 0 Å². The maximum absolute atomic E-state index is 11.9. The van der Waals surface area contributed by atoms with Crippen LogP contribution in [-0.2, 0) is 17.8 Å². The maximum atomic E-state index is 11.9. The lowest BCUT2D eigenvalue weighted by Gasteiger charge is -2.17. The summed E-state index contributed by atoms with van der Waals surface area (Å²) in [5.74, 6) is 0.905. The molecule has 1 N–H and O–H groups in total. The summed E-state index contributed by atoms with van der Waals surface area (Å²) in [7, 11) is 1.82. The second kappa shape index (κ2) is 7.45. The molecule has 2 rings (SSSR count). The fourth-order valence-corrected chi connectivity index (χ4v) is 1.81. The molecule has 0 saturated carbocycles. The van der Waals surface area contributed by atoms with Gasteiger partial charge in [0.25, 0.3) is 0 Å². The van der Waals surface area contributed by atoms with Crippen LogP contribution in [0.25, 0.3) is 0 Å². The Morgan fingerprint density at radius 2 is 2.15 bits per heavy atom. The van der Waals surface area contributed by atoms with Crippen LogP contribution < -0.4 is 5.32 Å². The van der Waals surface area contributed by atoms with Gasteiger partial charge in [-0.2, -0.15) is 0 Å². The van der Waals surface area contributed by atoms with E-state index in [1.54, 1.807) is 23.6 Å². The zero-order chi connectivity index (χ0) is 14.2. The number of nitrogens with one attached hydrogen (secondary N) is 1. The number of pyridine rings is 1. The van der Waals surface area contributed by atoms with Crippen molar-refractivity contribution in [1.82, 2.24) is 15.2 Å². The molecule has 2 aromatic heterocycles. The van der Waals surface area contributed by atoms with E-state index in [0.29, 0.717) is 19.6 Å². The van der Waals surface area contributed by atoms with Crippen molar-refractivity contribution in [1.29, 1.82) is 0 Å². The standard InChI is InChI=1S/C15H19N3O2/c1-18(9-6-13-4-7-16-8-5-13)15(19)12-17-11-14-3-2-10-20-14/h2-5,7-8,10,17H,6,9,11-12H2,1H3. The third kappa shape index (κ3) is 4.51. The van der Waals surface area contributed by atoms with Gasteiger partial charge in [-0.3, -0.25) is 9.78 Å². The zero-order valence-corrected chi connectivity index (χ0v) is 11.6. The highest BCUT2D eigenvalue weighted by atomic mass is 16.3. The van der Waals surface area contributed by atoms with E-state index in [1.165, 1.54) is 5.56 Å². The number of aromatic nitrogens is 1. The number of nitrogens with zero attached hydrogens (tertiary/aromatic N) is 2. The van der Waals surface area contributed by atoms with Crippen molar-refractivity contribution in [2.45, 2.75) is 13.0 Å². The summed E-state index contributed by atoms with van der Waals surface area (Å²) in [6, 6.07) is 7.64. The molecule has 0 unspecified atom stereocenters. The fraction of sp³-hybridized carbons (Fsp3) is 0.333. The molecule has 20 heavy (non-hydrogen) atoms. The SMILES string of the molecule is CN(CCc1ccncc1)C(=O)CNCc1ccco1. The molecule has 2 aromatic rings. The van der Waals surface area contributed by atoms with Crippen molar-refractivity contribution < 1.29 is 9.21 Å². The zero-order valence-electron chi connectivity index (χ0n) is 11.6. The second-order valence-electron chi connectivity index (χ2n) is 4.60. The van der Waals surface area contributed by atoms with Gasteiger partial charge in [0.2, 0.25) is 5.91 Å². The van der Waals surface area contributed by atoms with Crippen molar-refractivity contribution in [2.75, 3.05) is 20.1 Å². The molecular weight excluding hydrogens is 254 g/mol. The normalized spacial score (nSPS) is 10.4. The molecule has 0 atom stereocenters. The largest absolute Gasteiger partial charge is 0.468 e. The van der Waals surface area contributed by atoms with Gasteiger partial charge in [0.15, 0.2) is 0 Å². The first-order valence-electron chi connectivity index (χ1n) is 6.61. The van der Waals surface area contributed by atoms with Crippen LogP contribution in [0.1, 0.15) is 11.3 Å². The molecule has 106 valence electrons. The van der Waals surface area contributed by atoms with E-state index >= 15 is 0 Å². The fourth-order valence-electron chi connectivity index (χ4n) is 1.81. The summed E-state index contributed by atoms with van der Waals surface area (Å²) in [6.07, 6.45) is 5.99. The second-order valence-corrected chi connectivity index (χ2v) is 4.60. The number of amides is 1. The predicted molar refractivity (Wildman–Crippen MR) is 76.0 cm³/mol. The summed E-state index contributed by atoms with van der Waals surface area (Å²) in [4.78, 5) is 17.6. The van der Waals surface area contributed by atoms with E-state index in [2.05, 4.69) is 10.3 Å². The van der Waals surface area contributed by atoms with Gasteiger partial charge in [-0.25, -0.2) is 0 Å². The Labute approximate surface area is 118 Å². The molecule has 0 aromatic carbocycles. The van der Waals surface area contributed by atoms with Crippen LogP contribution in [0.3, 0.4) is 0 Å². The number of carbonyl (C=O) groups is 1. The van der Waals surface area contributed by atoms with E-state index in [4.69, 9.17) is 4.42 Å². The van der Waals surface area contributed by atoms with Crippen LogP contribution in [0.5, 0.6) is 0 Å².